The molecule has 168 valence electrons. The summed E-state index contributed by atoms with van der Waals surface area (Å²) in [7, 11) is 0. The second-order valence-corrected chi connectivity index (χ2v) is 8.50. The Hall–Kier alpha value is -3.72. The van der Waals surface area contributed by atoms with Gasteiger partial charge in [0.2, 0.25) is 12.7 Å². The standard InChI is InChI=1S/C24H22N4O4S/c1-15(17-8-9-20-21(12-17)32-14-31-20)25-22(29)13-33-24-27-26-23(19-10-11-30-16(19)2)28(24)18-6-4-3-5-7-18/h3-12,15H,13-14H2,1-2H3,(H,25,29)/t15-/m1/s1. The molecule has 1 N–H and O–H groups in total. The molecular weight excluding hydrogens is 440 g/mol. The zero-order chi connectivity index (χ0) is 22.8. The summed E-state index contributed by atoms with van der Waals surface area (Å²) in [6.45, 7) is 4.04. The number of carbonyl (C=O) groups is 1. The number of nitrogens with zero attached hydrogens (tertiary/aromatic N) is 3. The molecule has 3 heterocycles. The number of hydrogen-bond donors (Lipinski definition) is 1. The van der Waals surface area contributed by atoms with Crippen molar-refractivity contribution in [3.8, 4) is 28.6 Å². The molecule has 5 rings (SSSR count). The first-order chi connectivity index (χ1) is 16.1. The minimum absolute atomic E-state index is 0.103. The fourth-order valence-corrected chi connectivity index (χ4v) is 4.41. The summed E-state index contributed by atoms with van der Waals surface area (Å²) >= 11 is 1.33. The number of hydrogen-bond acceptors (Lipinski definition) is 7. The predicted octanol–water partition coefficient (Wildman–Crippen LogP) is 4.53. The molecule has 0 radical (unpaired) electrons. The van der Waals surface area contributed by atoms with Gasteiger partial charge < -0.3 is 19.2 Å². The zero-order valence-corrected chi connectivity index (χ0v) is 19.0. The summed E-state index contributed by atoms with van der Waals surface area (Å²) < 4.78 is 18.2. The number of nitrogens with one attached hydrogen (secondary N) is 1. The van der Waals surface area contributed by atoms with Gasteiger partial charge in [-0.05, 0) is 49.7 Å². The van der Waals surface area contributed by atoms with Gasteiger partial charge in [-0.15, -0.1) is 10.2 Å². The minimum atomic E-state index is -0.177. The average Bonchev–Trinajstić information content (AvgIpc) is 3.56. The molecule has 0 spiro atoms. The molecule has 8 nitrogen and oxygen atoms in total. The van der Waals surface area contributed by atoms with Crippen LogP contribution in [0.15, 0.2) is 70.4 Å². The van der Waals surface area contributed by atoms with Crippen molar-refractivity contribution < 1.29 is 18.7 Å². The van der Waals surface area contributed by atoms with E-state index in [9.17, 15) is 4.79 Å². The molecule has 33 heavy (non-hydrogen) atoms. The van der Waals surface area contributed by atoms with Crippen molar-refractivity contribution in [3.05, 3.63) is 72.2 Å². The largest absolute Gasteiger partial charge is 0.469 e. The van der Waals surface area contributed by atoms with Crippen LogP contribution in [-0.2, 0) is 4.79 Å². The number of rotatable bonds is 7. The molecule has 1 atom stereocenters. The normalized spacial score (nSPS) is 13.2. The third kappa shape index (κ3) is 4.31. The number of benzene rings is 2. The zero-order valence-electron chi connectivity index (χ0n) is 18.1. The Balaban J connectivity index is 1.32. The van der Waals surface area contributed by atoms with Crippen molar-refractivity contribution in [1.82, 2.24) is 20.1 Å². The molecule has 0 aliphatic carbocycles. The highest BCUT2D eigenvalue weighted by atomic mass is 32.2. The summed E-state index contributed by atoms with van der Waals surface area (Å²) in [6, 6.07) is 17.2. The molecule has 1 aliphatic rings. The Morgan fingerprint density at radius 1 is 1.12 bits per heavy atom. The number of aryl methyl sites for hydroxylation is 1. The van der Waals surface area contributed by atoms with Gasteiger partial charge in [-0.2, -0.15) is 0 Å². The fraction of sp³-hybridized carbons (Fsp3) is 0.208. The maximum Gasteiger partial charge on any atom is 0.231 e. The maximum absolute atomic E-state index is 12.7. The summed E-state index contributed by atoms with van der Waals surface area (Å²) in [4.78, 5) is 12.7. The third-order valence-electron chi connectivity index (χ3n) is 5.35. The quantitative estimate of drug-likeness (QED) is 0.403. The van der Waals surface area contributed by atoms with Crippen molar-refractivity contribution in [3.63, 3.8) is 0 Å². The van der Waals surface area contributed by atoms with E-state index < -0.39 is 0 Å². The fourth-order valence-electron chi connectivity index (χ4n) is 3.64. The highest BCUT2D eigenvalue weighted by Gasteiger charge is 2.21. The van der Waals surface area contributed by atoms with Gasteiger partial charge in [0, 0.05) is 5.69 Å². The molecular formula is C24H22N4O4S. The van der Waals surface area contributed by atoms with E-state index in [0.29, 0.717) is 16.7 Å². The second kappa shape index (κ2) is 9.03. The molecule has 1 amide bonds. The lowest BCUT2D eigenvalue weighted by Crippen LogP contribution is -2.28. The molecule has 0 fully saturated rings. The number of carbonyl (C=O) groups excluding carboxylic acids is 1. The first-order valence-corrected chi connectivity index (χ1v) is 11.5. The SMILES string of the molecule is Cc1occc1-c1nnc(SCC(=O)N[C@H](C)c2ccc3c(c2)OCO3)n1-c1ccccc1. The highest BCUT2D eigenvalue weighted by molar-refractivity contribution is 7.99. The minimum Gasteiger partial charge on any atom is -0.469 e. The van der Waals surface area contributed by atoms with Crippen LogP contribution in [0.3, 0.4) is 0 Å². The number of fused-ring (bicyclic) bond motifs is 1. The van der Waals surface area contributed by atoms with Crippen LogP contribution in [0.4, 0.5) is 0 Å². The Labute approximate surface area is 194 Å². The van der Waals surface area contributed by atoms with E-state index in [1.165, 1.54) is 11.8 Å². The van der Waals surface area contributed by atoms with Gasteiger partial charge in [-0.25, -0.2) is 0 Å². The maximum atomic E-state index is 12.7. The van der Waals surface area contributed by atoms with E-state index >= 15 is 0 Å². The second-order valence-electron chi connectivity index (χ2n) is 7.56. The first kappa shape index (κ1) is 21.1. The lowest BCUT2D eigenvalue weighted by molar-refractivity contribution is -0.119. The van der Waals surface area contributed by atoms with Crippen molar-refractivity contribution in [2.45, 2.75) is 25.0 Å². The number of amides is 1. The predicted molar refractivity (Wildman–Crippen MR) is 124 cm³/mol. The molecule has 2 aromatic carbocycles. The van der Waals surface area contributed by atoms with E-state index in [1.807, 2.05) is 73.0 Å². The van der Waals surface area contributed by atoms with E-state index in [2.05, 4.69) is 15.5 Å². The molecule has 0 bridgehead atoms. The van der Waals surface area contributed by atoms with Crippen LogP contribution in [0.1, 0.15) is 24.3 Å². The van der Waals surface area contributed by atoms with Gasteiger partial charge in [0.15, 0.2) is 22.5 Å². The number of furan rings is 1. The molecule has 2 aromatic heterocycles. The monoisotopic (exact) mass is 462 g/mol. The van der Waals surface area contributed by atoms with Gasteiger partial charge >= 0.3 is 0 Å². The first-order valence-electron chi connectivity index (χ1n) is 10.5. The summed E-state index contributed by atoms with van der Waals surface area (Å²) in [5.41, 5.74) is 2.72. The van der Waals surface area contributed by atoms with Crippen LogP contribution in [0.2, 0.25) is 0 Å². The molecule has 0 saturated carbocycles. The molecule has 0 saturated heterocycles. The van der Waals surface area contributed by atoms with Crippen molar-refractivity contribution in [1.29, 1.82) is 0 Å². The van der Waals surface area contributed by atoms with Gasteiger partial charge in [0.25, 0.3) is 0 Å². The van der Waals surface area contributed by atoms with Crippen LogP contribution in [0.25, 0.3) is 17.1 Å². The molecule has 1 aliphatic heterocycles. The number of aromatic nitrogens is 3. The van der Waals surface area contributed by atoms with Gasteiger partial charge in [0.05, 0.1) is 23.6 Å². The lowest BCUT2D eigenvalue weighted by atomic mass is 10.1. The van der Waals surface area contributed by atoms with Crippen LogP contribution in [0.5, 0.6) is 11.5 Å². The topological polar surface area (TPSA) is 91.4 Å². The van der Waals surface area contributed by atoms with Gasteiger partial charge in [-0.3, -0.25) is 9.36 Å². The van der Waals surface area contributed by atoms with Crippen LogP contribution >= 0.6 is 11.8 Å². The smallest absolute Gasteiger partial charge is 0.231 e. The number of para-hydroxylation sites is 1. The van der Waals surface area contributed by atoms with Crippen LogP contribution in [-0.4, -0.2) is 33.2 Å². The van der Waals surface area contributed by atoms with Crippen LogP contribution in [0, 0.1) is 6.92 Å². The molecule has 0 unspecified atom stereocenters. The number of thioether (sulfide) groups is 1. The van der Waals surface area contributed by atoms with E-state index in [1.54, 1.807) is 6.26 Å². The Morgan fingerprint density at radius 3 is 2.73 bits per heavy atom. The Bertz CT molecular complexity index is 1280. The Kier molecular flexibility index (Phi) is 5.78. The van der Waals surface area contributed by atoms with Gasteiger partial charge in [0.1, 0.15) is 5.76 Å². The molecule has 4 aromatic rings. The summed E-state index contributed by atoms with van der Waals surface area (Å²) in [5, 5.41) is 12.4. The summed E-state index contributed by atoms with van der Waals surface area (Å²) in [5.74, 6) is 2.94. The third-order valence-corrected chi connectivity index (χ3v) is 6.28. The van der Waals surface area contributed by atoms with Crippen molar-refractivity contribution in [2.24, 2.45) is 0 Å². The Morgan fingerprint density at radius 2 is 1.94 bits per heavy atom. The highest BCUT2D eigenvalue weighted by Crippen LogP contribution is 2.34. The van der Waals surface area contributed by atoms with Gasteiger partial charge in [-0.1, -0.05) is 36.0 Å². The van der Waals surface area contributed by atoms with Crippen molar-refractivity contribution in [2.75, 3.05) is 12.5 Å². The lowest BCUT2D eigenvalue weighted by Gasteiger charge is -2.15. The van der Waals surface area contributed by atoms with Crippen molar-refractivity contribution >= 4 is 17.7 Å². The van der Waals surface area contributed by atoms with Crippen LogP contribution < -0.4 is 14.8 Å². The number of ether oxygens (including phenoxy) is 2. The van der Waals surface area contributed by atoms with E-state index in [-0.39, 0.29) is 24.5 Å². The molecule has 9 heteroatoms. The van der Waals surface area contributed by atoms with E-state index in [0.717, 1.165) is 28.3 Å². The summed E-state index contributed by atoms with van der Waals surface area (Å²) in [6.07, 6.45) is 1.63. The average molecular weight is 463 g/mol. The van der Waals surface area contributed by atoms with E-state index in [4.69, 9.17) is 13.9 Å².